The number of alkyl carbamates (subject to hydrolysis) is 1. The molecule has 0 spiro atoms. The fraction of sp³-hybridized carbons (Fsp3) is 0.400. The van der Waals surface area contributed by atoms with E-state index in [4.69, 9.17) is 9.84 Å². The molecular formula is C25H26F2N2O5. The lowest BCUT2D eigenvalue weighted by molar-refractivity contribution is -0.143. The number of hydrogen-bond donors (Lipinski definition) is 3. The third-order valence-corrected chi connectivity index (χ3v) is 6.55. The van der Waals surface area contributed by atoms with Gasteiger partial charge in [0, 0.05) is 12.3 Å². The third kappa shape index (κ3) is 5.03. The molecule has 2 amide bonds. The van der Waals surface area contributed by atoms with Gasteiger partial charge < -0.3 is 20.5 Å². The van der Waals surface area contributed by atoms with Gasteiger partial charge in [-0.3, -0.25) is 4.79 Å². The van der Waals surface area contributed by atoms with E-state index in [9.17, 15) is 23.2 Å². The molecule has 0 radical (unpaired) electrons. The molecule has 0 bridgehead atoms. The first kappa shape index (κ1) is 23.7. The van der Waals surface area contributed by atoms with Crippen LogP contribution in [0.5, 0.6) is 0 Å². The molecular weight excluding hydrogens is 446 g/mol. The van der Waals surface area contributed by atoms with Crippen LogP contribution in [0.2, 0.25) is 0 Å². The first-order valence-corrected chi connectivity index (χ1v) is 11.3. The summed E-state index contributed by atoms with van der Waals surface area (Å²) in [5.74, 6) is -2.72. The number of ether oxygens (including phenoxy) is 1. The molecule has 2 aliphatic carbocycles. The standard InChI is InChI=1S/C25H26F2N2O5/c26-21(27)12-20(24(31)32)28-23(30)22(14-6-5-7-14)29-25(33)34-13-19-17-10-3-1-8-15(17)16-9-2-4-11-18(16)19/h1-4,8-11,14,19-22H,5-7,12-13H2,(H,28,30)(H,29,33)(H,31,32). The maximum absolute atomic E-state index is 12.7. The van der Waals surface area contributed by atoms with Gasteiger partial charge in [-0.15, -0.1) is 0 Å². The van der Waals surface area contributed by atoms with Crippen molar-refractivity contribution in [2.24, 2.45) is 5.92 Å². The molecule has 4 rings (SSSR count). The highest BCUT2D eigenvalue weighted by Crippen LogP contribution is 2.44. The maximum Gasteiger partial charge on any atom is 0.407 e. The maximum atomic E-state index is 12.7. The molecule has 180 valence electrons. The summed E-state index contributed by atoms with van der Waals surface area (Å²) in [6, 6.07) is 13.0. The number of alkyl halides is 2. The van der Waals surface area contributed by atoms with Crippen molar-refractivity contribution in [2.45, 2.75) is 50.1 Å². The summed E-state index contributed by atoms with van der Waals surface area (Å²) in [6.07, 6.45) is -2.53. The lowest BCUT2D eigenvalue weighted by atomic mass is 9.79. The Morgan fingerprint density at radius 3 is 2.06 bits per heavy atom. The van der Waals surface area contributed by atoms with Gasteiger partial charge in [0.1, 0.15) is 18.7 Å². The Morgan fingerprint density at radius 2 is 1.56 bits per heavy atom. The van der Waals surface area contributed by atoms with Crippen LogP contribution in [-0.4, -0.2) is 48.2 Å². The lowest BCUT2D eigenvalue weighted by Crippen LogP contribution is -2.56. The van der Waals surface area contributed by atoms with Crippen molar-refractivity contribution >= 4 is 18.0 Å². The summed E-state index contributed by atoms with van der Waals surface area (Å²) in [5.41, 5.74) is 4.25. The monoisotopic (exact) mass is 472 g/mol. The minimum atomic E-state index is -2.89. The second-order valence-corrected chi connectivity index (χ2v) is 8.66. The summed E-state index contributed by atoms with van der Waals surface area (Å²) in [6.45, 7) is 0.0575. The van der Waals surface area contributed by atoms with Gasteiger partial charge in [-0.25, -0.2) is 18.4 Å². The molecule has 0 heterocycles. The Bertz CT molecular complexity index is 1030. The molecule has 2 aliphatic rings. The number of aliphatic carboxylic acids is 1. The van der Waals surface area contributed by atoms with Crippen molar-refractivity contribution in [1.82, 2.24) is 10.6 Å². The fourth-order valence-corrected chi connectivity index (χ4v) is 4.60. The van der Waals surface area contributed by atoms with E-state index in [2.05, 4.69) is 10.6 Å². The van der Waals surface area contributed by atoms with Gasteiger partial charge in [0.2, 0.25) is 12.3 Å². The molecule has 2 aromatic rings. The molecule has 1 saturated carbocycles. The van der Waals surface area contributed by atoms with E-state index in [1.807, 2.05) is 48.5 Å². The van der Waals surface area contributed by atoms with E-state index in [0.717, 1.165) is 28.7 Å². The number of carbonyl (C=O) groups excluding carboxylic acids is 2. The number of hydrogen-bond acceptors (Lipinski definition) is 4. The van der Waals surface area contributed by atoms with Gasteiger partial charge >= 0.3 is 12.1 Å². The number of rotatable bonds is 9. The molecule has 0 saturated heterocycles. The number of nitrogens with one attached hydrogen (secondary N) is 2. The first-order valence-electron chi connectivity index (χ1n) is 11.3. The van der Waals surface area contributed by atoms with Gasteiger partial charge in [0.15, 0.2) is 0 Å². The zero-order valence-electron chi connectivity index (χ0n) is 18.4. The number of halogens is 2. The van der Waals surface area contributed by atoms with Crippen molar-refractivity contribution in [2.75, 3.05) is 6.61 Å². The largest absolute Gasteiger partial charge is 0.480 e. The Kier molecular flexibility index (Phi) is 7.09. The second-order valence-electron chi connectivity index (χ2n) is 8.66. The normalized spacial score (nSPS) is 16.7. The van der Waals surface area contributed by atoms with Crippen LogP contribution in [0.1, 0.15) is 42.7 Å². The number of benzene rings is 2. The molecule has 0 aliphatic heterocycles. The minimum Gasteiger partial charge on any atom is -0.480 e. The van der Waals surface area contributed by atoms with E-state index in [0.29, 0.717) is 12.8 Å². The number of carboxylic acid groups (broad SMARTS) is 1. The Hall–Kier alpha value is -3.49. The van der Waals surface area contributed by atoms with Crippen LogP contribution in [0.25, 0.3) is 11.1 Å². The predicted octanol–water partition coefficient (Wildman–Crippen LogP) is 3.92. The van der Waals surface area contributed by atoms with Gasteiger partial charge in [-0.05, 0) is 41.0 Å². The van der Waals surface area contributed by atoms with Crippen molar-refractivity contribution < 1.29 is 33.0 Å². The Morgan fingerprint density at radius 1 is 0.971 bits per heavy atom. The zero-order valence-corrected chi connectivity index (χ0v) is 18.4. The van der Waals surface area contributed by atoms with Crippen LogP contribution >= 0.6 is 0 Å². The van der Waals surface area contributed by atoms with Crippen molar-refractivity contribution in [3.63, 3.8) is 0 Å². The van der Waals surface area contributed by atoms with Crippen LogP contribution in [0, 0.1) is 5.92 Å². The van der Waals surface area contributed by atoms with E-state index < -0.39 is 42.9 Å². The molecule has 0 aromatic heterocycles. The van der Waals surface area contributed by atoms with Crippen molar-refractivity contribution in [1.29, 1.82) is 0 Å². The molecule has 2 aromatic carbocycles. The summed E-state index contributed by atoms with van der Waals surface area (Å²) in [4.78, 5) is 36.6. The topological polar surface area (TPSA) is 105 Å². The number of fused-ring (bicyclic) bond motifs is 3. The SMILES string of the molecule is O=C(NC(C(=O)NC(CC(F)F)C(=O)O)C1CCC1)OCC1c2ccccc2-c2ccccc21. The van der Waals surface area contributed by atoms with Gasteiger partial charge in [0.05, 0.1) is 0 Å². The Labute approximate surface area is 195 Å². The average molecular weight is 472 g/mol. The third-order valence-electron chi connectivity index (χ3n) is 6.55. The van der Waals surface area contributed by atoms with E-state index in [1.165, 1.54) is 0 Å². The van der Waals surface area contributed by atoms with Crippen LogP contribution in [0.4, 0.5) is 13.6 Å². The highest BCUT2D eigenvalue weighted by molar-refractivity contribution is 5.89. The van der Waals surface area contributed by atoms with Crippen LogP contribution < -0.4 is 10.6 Å². The highest BCUT2D eigenvalue weighted by Gasteiger charge is 2.37. The van der Waals surface area contributed by atoms with Gasteiger partial charge in [0.25, 0.3) is 0 Å². The molecule has 3 N–H and O–H groups in total. The minimum absolute atomic E-state index is 0.0575. The van der Waals surface area contributed by atoms with E-state index in [-0.39, 0.29) is 18.4 Å². The Balaban J connectivity index is 1.41. The summed E-state index contributed by atoms with van der Waals surface area (Å²) in [5, 5.41) is 13.8. The number of carboxylic acids is 1. The molecule has 2 unspecified atom stereocenters. The highest BCUT2D eigenvalue weighted by atomic mass is 19.3. The van der Waals surface area contributed by atoms with Crippen molar-refractivity contribution in [3.8, 4) is 11.1 Å². The number of carbonyl (C=O) groups is 3. The van der Waals surface area contributed by atoms with Gasteiger partial charge in [-0.1, -0.05) is 55.0 Å². The molecule has 9 heteroatoms. The average Bonchev–Trinajstić information content (AvgIpc) is 3.09. The quantitative estimate of drug-likeness (QED) is 0.513. The van der Waals surface area contributed by atoms with Crippen molar-refractivity contribution in [3.05, 3.63) is 59.7 Å². The molecule has 7 nitrogen and oxygen atoms in total. The van der Waals surface area contributed by atoms with E-state index >= 15 is 0 Å². The van der Waals surface area contributed by atoms with Gasteiger partial charge in [-0.2, -0.15) is 0 Å². The van der Waals surface area contributed by atoms with Crippen LogP contribution in [-0.2, 0) is 14.3 Å². The number of amides is 2. The summed E-state index contributed by atoms with van der Waals surface area (Å²) < 4.78 is 30.9. The smallest absolute Gasteiger partial charge is 0.407 e. The lowest BCUT2D eigenvalue weighted by Gasteiger charge is -2.33. The second kappa shape index (κ2) is 10.2. The molecule has 34 heavy (non-hydrogen) atoms. The predicted molar refractivity (Wildman–Crippen MR) is 120 cm³/mol. The zero-order chi connectivity index (χ0) is 24.2. The van der Waals surface area contributed by atoms with Crippen LogP contribution in [0.3, 0.4) is 0 Å². The molecule has 1 fully saturated rings. The van der Waals surface area contributed by atoms with Crippen LogP contribution in [0.15, 0.2) is 48.5 Å². The fourth-order valence-electron chi connectivity index (χ4n) is 4.60. The summed E-state index contributed by atoms with van der Waals surface area (Å²) >= 11 is 0. The van der Waals surface area contributed by atoms with E-state index in [1.54, 1.807) is 0 Å². The summed E-state index contributed by atoms with van der Waals surface area (Å²) in [7, 11) is 0. The molecule has 2 atom stereocenters. The first-order chi connectivity index (χ1) is 16.3.